The zero-order valence-corrected chi connectivity index (χ0v) is 16.0. The number of nitrogens with one attached hydrogen (secondary N) is 1. The van der Waals surface area contributed by atoms with Crippen LogP contribution in [0.5, 0.6) is 5.75 Å². The topological polar surface area (TPSA) is 95.1 Å². The van der Waals surface area contributed by atoms with E-state index in [4.69, 9.17) is 10.6 Å². The van der Waals surface area contributed by atoms with Crippen molar-refractivity contribution in [2.75, 3.05) is 16.9 Å². The van der Waals surface area contributed by atoms with Gasteiger partial charge >= 0.3 is 0 Å². The Hall–Kier alpha value is -2.52. The molecule has 3 N–H and O–H groups in total. The fourth-order valence-corrected chi connectivity index (χ4v) is 2.97. The Morgan fingerprint density at radius 3 is 2.62 bits per heavy atom. The summed E-state index contributed by atoms with van der Waals surface area (Å²) in [6, 6.07) is 16.7. The number of aromatic nitrogens is 3. The van der Waals surface area contributed by atoms with E-state index in [1.54, 1.807) is 0 Å². The van der Waals surface area contributed by atoms with Crippen LogP contribution in [-0.4, -0.2) is 26.5 Å². The van der Waals surface area contributed by atoms with Gasteiger partial charge < -0.3 is 15.9 Å². The van der Waals surface area contributed by atoms with Gasteiger partial charge in [-0.25, -0.2) is 4.68 Å². The van der Waals surface area contributed by atoms with Gasteiger partial charge in [0.25, 0.3) is 0 Å². The quantitative estimate of drug-likeness (QED) is 0.439. The zero-order valence-electron chi connectivity index (χ0n) is 13.6. The van der Waals surface area contributed by atoms with Gasteiger partial charge in [-0.15, -0.1) is 10.2 Å². The van der Waals surface area contributed by atoms with Crippen molar-refractivity contribution in [3.8, 4) is 5.75 Å². The molecule has 134 valence electrons. The van der Waals surface area contributed by atoms with E-state index in [1.165, 1.54) is 16.4 Å². The van der Waals surface area contributed by atoms with E-state index in [0.29, 0.717) is 11.0 Å². The number of nitrogen functional groups attached to an aromatic ring is 1. The highest BCUT2D eigenvalue weighted by molar-refractivity contribution is 9.10. The number of halogens is 1. The highest BCUT2D eigenvalue weighted by atomic mass is 79.9. The van der Waals surface area contributed by atoms with Crippen LogP contribution in [0.2, 0.25) is 0 Å². The lowest BCUT2D eigenvalue weighted by molar-refractivity contribution is -0.113. The minimum atomic E-state index is -0.151. The number of thioether (sulfide) groups is 1. The first-order valence-electron chi connectivity index (χ1n) is 7.67. The van der Waals surface area contributed by atoms with Crippen LogP contribution in [-0.2, 0) is 11.4 Å². The molecule has 0 saturated heterocycles. The molecule has 0 unspecified atom stereocenters. The van der Waals surface area contributed by atoms with Crippen molar-refractivity contribution >= 4 is 39.3 Å². The molecule has 1 heterocycles. The van der Waals surface area contributed by atoms with Crippen molar-refractivity contribution in [3.63, 3.8) is 0 Å². The number of hydrogen-bond acceptors (Lipinski definition) is 6. The van der Waals surface area contributed by atoms with Crippen molar-refractivity contribution in [1.29, 1.82) is 0 Å². The normalized spacial score (nSPS) is 10.5. The van der Waals surface area contributed by atoms with Crippen LogP contribution in [0.25, 0.3) is 0 Å². The molecule has 0 aliphatic carbocycles. The number of amides is 1. The fraction of sp³-hybridized carbons (Fsp3) is 0.118. The molecule has 1 amide bonds. The van der Waals surface area contributed by atoms with Gasteiger partial charge in [-0.05, 0) is 36.4 Å². The maximum Gasteiger partial charge on any atom is 0.234 e. The van der Waals surface area contributed by atoms with Crippen LogP contribution in [0.15, 0.2) is 64.2 Å². The Kier molecular flexibility index (Phi) is 6.13. The predicted molar refractivity (Wildman–Crippen MR) is 104 cm³/mol. The molecule has 3 rings (SSSR count). The lowest BCUT2D eigenvalue weighted by atomic mass is 10.3. The molecule has 0 fully saturated rings. The molecule has 7 nitrogen and oxygen atoms in total. The van der Waals surface area contributed by atoms with E-state index in [9.17, 15) is 4.79 Å². The van der Waals surface area contributed by atoms with Gasteiger partial charge in [-0.2, -0.15) is 0 Å². The molecule has 3 aromatic rings. The molecule has 0 atom stereocenters. The number of hydrogen-bond donors (Lipinski definition) is 2. The number of ether oxygens (including phenoxy) is 1. The number of rotatable bonds is 7. The summed E-state index contributed by atoms with van der Waals surface area (Å²) in [6.07, 6.45) is 0. The molecule has 9 heteroatoms. The van der Waals surface area contributed by atoms with Gasteiger partial charge in [0.05, 0.1) is 5.75 Å². The monoisotopic (exact) mass is 433 g/mol. The molecule has 26 heavy (non-hydrogen) atoms. The number of benzene rings is 2. The first kappa shape index (κ1) is 18.3. The van der Waals surface area contributed by atoms with Crippen molar-refractivity contribution in [3.05, 3.63) is 64.9 Å². The lowest BCUT2D eigenvalue weighted by Gasteiger charge is -2.07. The molecule has 0 aliphatic rings. The number of carbonyl (C=O) groups is 1. The van der Waals surface area contributed by atoms with E-state index < -0.39 is 0 Å². The van der Waals surface area contributed by atoms with Crippen LogP contribution in [0.1, 0.15) is 5.82 Å². The standard InChI is InChI=1S/C17H16BrN5O2S/c18-12-6-8-13(9-7-12)20-16(24)11-26-17-22-21-15(23(17)19)10-25-14-4-2-1-3-5-14/h1-9H,10-11,19H2,(H,20,24). The molecule has 2 aromatic carbocycles. The lowest BCUT2D eigenvalue weighted by Crippen LogP contribution is -2.18. The van der Waals surface area contributed by atoms with E-state index in [2.05, 4.69) is 31.4 Å². The van der Waals surface area contributed by atoms with Gasteiger partial charge in [-0.3, -0.25) is 4.79 Å². The number of anilines is 1. The van der Waals surface area contributed by atoms with Gasteiger partial charge in [0, 0.05) is 10.2 Å². The van der Waals surface area contributed by atoms with E-state index in [1.807, 2.05) is 54.6 Å². The highest BCUT2D eigenvalue weighted by Gasteiger charge is 2.13. The Balaban J connectivity index is 1.51. The van der Waals surface area contributed by atoms with Crippen LogP contribution < -0.4 is 15.9 Å². The maximum absolute atomic E-state index is 12.0. The summed E-state index contributed by atoms with van der Waals surface area (Å²) in [5.74, 6) is 7.20. The Bertz CT molecular complexity index is 871. The average Bonchev–Trinajstić information content (AvgIpc) is 3.01. The minimum absolute atomic E-state index is 0.151. The molecular formula is C17H16BrN5O2S. The Morgan fingerprint density at radius 1 is 1.15 bits per heavy atom. The van der Waals surface area contributed by atoms with Crippen LogP contribution in [0, 0.1) is 0 Å². The second kappa shape index (κ2) is 8.72. The summed E-state index contributed by atoms with van der Waals surface area (Å²) >= 11 is 4.56. The van der Waals surface area contributed by atoms with E-state index >= 15 is 0 Å². The summed E-state index contributed by atoms with van der Waals surface area (Å²) in [5, 5.41) is 11.3. The number of nitrogens with two attached hydrogens (primary N) is 1. The molecule has 0 spiro atoms. The minimum Gasteiger partial charge on any atom is -0.486 e. The Labute approximate surface area is 163 Å². The largest absolute Gasteiger partial charge is 0.486 e. The SMILES string of the molecule is Nn1c(COc2ccccc2)nnc1SCC(=O)Nc1ccc(Br)cc1. The number of carbonyl (C=O) groups excluding carboxylic acids is 1. The van der Waals surface area contributed by atoms with Gasteiger partial charge in [0.2, 0.25) is 11.1 Å². The van der Waals surface area contributed by atoms with Crippen molar-refractivity contribution in [2.24, 2.45) is 0 Å². The smallest absolute Gasteiger partial charge is 0.234 e. The third kappa shape index (κ3) is 4.99. The van der Waals surface area contributed by atoms with Crippen molar-refractivity contribution in [2.45, 2.75) is 11.8 Å². The Morgan fingerprint density at radius 2 is 1.88 bits per heavy atom. The van der Waals surface area contributed by atoms with Gasteiger partial charge in [-0.1, -0.05) is 45.9 Å². The summed E-state index contributed by atoms with van der Waals surface area (Å²) in [4.78, 5) is 12.0. The van der Waals surface area contributed by atoms with E-state index in [0.717, 1.165) is 15.9 Å². The van der Waals surface area contributed by atoms with Crippen LogP contribution in [0.3, 0.4) is 0 Å². The maximum atomic E-state index is 12.0. The zero-order chi connectivity index (χ0) is 18.4. The van der Waals surface area contributed by atoms with Crippen molar-refractivity contribution < 1.29 is 9.53 Å². The number of para-hydroxylation sites is 1. The molecule has 0 bridgehead atoms. The summed E-state index contributed by atoms with van der Waals surface area (Å²) in [5.41, 5.74) is 0.727. The third-order valence-electron chi connectivity index (χ3n) is 3.31. The molecule has 0 radical (unpaired) electrons. The molecule has 0 aliphatic heterocycles. The van der Waals surface area contributed by atoms with Crippen LogP contribution >= 0.6 is 27.7 Å². The van der Waals surface area contributed by atoms with Crippen molar-refractivity contribution in [1.82, 2.24) is 14.9 Å². The second-order valence-corrected chi connectivity index (χ2v) is 7.07. The molecule has 1 aromatic heterocycles. The summed E-state index contributed by atoms with van der Waals surface area (Å²) < 4.78 is 7.89. The second-order valence-electron chi connectivity index (χ2n) is 5.21. The first-order chi connectivity index (χ1) is 12.6. The average molecular weight is 434 g/mol. The van der Waals surface area contributed by atoms with Gasteiger partial charge in [0.1, 0.15) is 12.4 Å². The fourth-order valence-electron chi connectivity index (χ4n) is 2.03. The van der Waals surface area contributed by atoms with Gasteiger partial charge in [0.15, 0.2) is 5.82 Å². The number of nitrogens with zero attached hydrogens (tertiary/aromatic N) is 3. The first-order valence-corrected chi connectivity index (χ1v) is 9.45. The summed E-state index contributed by atoms with van der Waals surface area (Å²) in [6.45, 7) is 0.194. The highest BCUT2D eigenvalue weighted by Crippen LogP contribution is 2.18. The summed E-state index contributed by atoms with van der Waals surface area (Å²) in [7, 11) is 0. The van der Waals surface area contributed by atoms with Crippen LogP contribution in [0.4, 0.5) is 5.69 Å². The third-order valence-corrected chi connectivity index (χ3v) is 4.78. The predicted octanol–water partition coefficient (Wildman–Crippen LogP) is 3.06. The molecular weight excluding hydrogens is 418 g/mol. The van der Waals surface area contributed by atoms with E-state index in [-0.39, 0.29) is 18.3 Å². The molecule has 0 saturated carbocycles.